The van der Waals surface area contributed by atoms with E-state index in [0.29, 0.717) is 18.9 Å². The fourth-order valence-corrected chi connectivity index (χ4v) is 1.57. The van der Waals surface area contributed by atoms with Crippen LogP contribution in [0, 0.1) is 5.92 Å². The van der Waals surface area contributed by atoms with Gasteiger partial charge in [-0.05, 0) is 18.8 Å². The summed E-state index contributed by atoms with van der Waals surface area (Å²) in [4.78, 5) is 10.8. The SMILES string of the molecule is CCCCC(CC)COCCCC(=O)OC. The van der Waals surface area contributed by atoms with Crippen LogP contribution in [0.25, 0.3) is 0 Å². The van der Waals surface area contributed by atoms with Crippen molar-refractivity contribution < 1.29 is 14.3 Å². The summed E-state index contributed by atoms with van der Waals surface area (Å²) in [6, 6.07) is 0. The molecule has 0 aromatic rings. The van der Waals surface area contributed by atoms with E-state index in [4.69, 9.17) is 4.74 Å². The number of unbranched alkanes of at least 4 members (excludes halogenated alkanes) is 1. The second-order valence-electron chi connectivity index (χ2n) is 4.17. The first kappa shape index (κ1) is 15.4. The number of hydrogen-bond acceptors (Lipinski definition) is 3. The molecule has 0 aromatic heterocycles. The molecule has 0 saturated carbocycles. The van der Waals surface area contributed by atoms with Gasteiger partial charge in [0.1, 0.15) is 0 Å². The van der Waals surface area contributed by atoms with E-state index < -0.39 is 0 Å². The van der Waals surface area contributed by atoms with Crippen LogP contribution < -0.4 is 0 Å². The Labute approximate surface area is 99.5 Å². The third-order valence-corrected chi connectivity index (χ3v) is 2.79. The van der Waals surface area contributed by atoms with Crippen molar-refractivity contribution in [1.29, 1.82) is 0 Å². The fourth-order valence-electron chi connectivity index (χ4n) is 1.57. The number of methoxy groups -OCH3 is 1. The minimum atomic E-state index is -0.151. The van der Waals surface area contributed by atoms with Crippen LogP contribution in [0.15, 0.2) is 0 Å². The van der Waals surface area contributed by atoms with Gasteiger partial charge in [0.05, 0.1) is 7.11 Å². The topological polar surface area (TPSA) is 35.5 Å². The van der Waals surface area contributed by atoms with E-state index in [1.54, 1.807) is 0 Å². The average Bonchev–Trinajstić information content (AvgIpc) is 2.32. The Morgan fingerprint density at radius 2 is 2.00 bits per heavy atom. The summed E-state index contributed by atoms with van der Waals surface area (Å²) in [7, 11) is 1.42. The molecular weight excluding hydrogens is 204 g/mol. The summed E-state index contributed by atoms with van der Waals surface area (Å²) in [5.41, 5.74) is 0. The normalized spacial score (nSPS) is 12.4. The van der Waals surface area contributed by atoms with Crippen LogP contribution in [-0.2, 0) is 14.3 Å². The number of ether oxygens (including phenoxy) is 2. The molecule has 0 heterocycles. The molecule has 0 saturated heterocycles. The van der Waals surface area contributed by atoms with E-state index in [1.165, 1.54) is 32.8 Å². The van der Waals surface area contributed by atoms with Crippen molar-refractivity contribution in [2.75, 3.05) is 20.3 Å². The van der Waals surface area contributed by atoms with Crippen molar-refractivity contribution >= 4 is 5.97 Å². The van der Waals surface area contributed by atoms with Crippen molar-refractivity contribution in [3.8, 4) is 0 Å². The number of esters is 1. The van der Waals surface area contributed by atoms with Crippen molar-refractivity contribution in [2.45, 2.75) is 52.4 Å². The first-order valence-corrected chi connectivity index (χ1v) is 6.39. The molecule has 0 fully saturated rings. The standard InChI is InChI=1S/C13H26O3/c1-4-6-8-12(5-2)11-16-10-7-9-13(14)15-3/h12H,4-11H2,1-3H3. The van der Waals surface area contributed by atoms with Gasteiger partial charge in [-0.15, -0.1) is 0 Å². The molecule has 3 nitrogen and oxygen atoms in total. The zero-order chi connectivity index (χ0) is 12.2. The number of carbonyl (C=O) groups excluding carboxylic acids is 1. The maximum atomic E-state index is 10.8. The minimum Gasteiger partial charge on any atom is -0.469 e. The lowest BCUT2D eigenvalue weighted by molar-refractivity contribution is -0.141. The van der Waals surface area contributed by atoms with Crippen LogP contribution in [0.4, 0.5) is 0 Å². The fraction of sp³-hybridized carbons (Fsp3) is 0.923. The molecule has 16 heavy (non-hydrogen) atoms. The zero-order valence-electron chi connectivity index (χ0n) is 11.0. The zero-order valence-corrected chi connectivity index (χ0v) is 11.0. The highest BCUT2D eigenvalue weighted by Crippen LogP contribution is 2.12. The summed E-state index contributed by atoms with van der Waals surface area (Å²) in [6.07, 6.45) is 6.18. The molecule has 0 aliphatic heterocycles. The van der Waals surface area contributed by atoms with Gasteiger partial charge in [0.25, 0.3) is 0 Å². The second kappa shape index (κ2) is 10.9. The highest BCUT2D eigenvalue weighted by atomic mass is 16.5. The molecule has 0 N–H and O–H groups in total. The highest BCUT2D eigenvalue weighted by molar-refractivity contribution is 5.68. The molecule has 0 aliphatic carbocycles. The first-order valence-electron chi connectivity index (χ1n) is 6.39. The van der Waals surface area contributed by atoms with Gasteiger partial charge in [-0.25, -0.2) is 0 Å². The van der Waals surface area contributed by atoms with E-state index in [9.17, 15) is 4.79 Å². The van der Waals surface area contributed by atoms with Gasteiger partial charge in [-0.1, -0.05) is 33.1 Å². The summed E-state index contributed by atoms with van der Waals surface area (Å²) in [5, 5.41) is 0. The minimum absolute atomic E-state index is 0.151. The smallest absolute Gasteiger partial charge is 0.305 e. The van der Waals surface area contributed by atoms with Crippen LogP contribution in [0.2, 0.25) is 0 Å². The quantitative estimate of drug-likeness (QED) is 0.427. The van der Waals surface area contributed by atoms with E-state index in [2.05, 4.69) is 18.6 Å². The Hall–Kier alpha value is -0.570. The van der Waals surface area contributed by atoms with E-state index in [1.807, 2.05) is 0 Å². The van der Waals surface area contributed by atoms with Gasteiger partial charge in [-0.3, -0.25) is 4.79 Å². The lowest BCUT2D eigenvalue weighted by atomic mass is 10.0. The molecular formula is C13H26O3. The monoisotopic (exact) mass is 230 g/mol. The van der Waals surface area contributed by atoms with Gasteiger partial charge in [0, 0.05) is 19.6 Å². The van der Waals surface area contributed by atoms with Crippen molar-refractivity contribution in [3.63, 3.8) is 0 Å². The van der Waals surface area contributed by atoms with Crippen LogP contribution in [0.1, 0.15) is 52.4 Å². The Morgan fingerprint density at radius 1 is 1.25 bits per heavy atom. The predicted molar refractivity (Wildman–Crippen MR) is 65.4 cm³/mol. The predicted octanol–water partition coefficient (Wildman–Crippen LogP) is 3.17. The number of carbonyl (C=O) groups is 1. The van der Waals surface area contributed by atoms with Gasteiger partial charge in [0.15, 0.2) is 0 Å². The highest BCUT2D eigenvalue weighted by Gasteiger charge is 2.06. The van der Waals surface area contributed by atoms with Gasteiger partial charge in [-0.2, -0.15) is 0 Å². The molecule has 0 aromatic carbocycles. The van der Waals surface area contributed by atoms with Crippen LogP contribution in [0.3, 0.4) is 0 Å². The molecule has 0 radical (unpaired) electrons. The lowest BCUT2D eigenvalue weighted by Crippen LogP contribution is -2.10. The molecule has 1 atom stereocenters. The van der Waals surface area contributed by atoms with Crippen LogP contribution in [-0.4, -0.2) is 26.3 Å². The van der Waals surface area contributed by atoms with Crippen LogP contribution in [0.5, 0.6) is 0 Å². The largest absolute Gasteiger partial charge is 0.469 e. The Balaban J connectivity index is 3.37. The molecule has 0 rings (SSSR count). The van der Waals surface area contributed by atoms with Gasteiger partial charge in [0.2, 0.25) is 0 Å². The average molecular weight is 230 g/mol. The summed E-state index contributed by atoms with van der Waals surface area (Å²) in [5.74, 6) is 0.528. The van der Waals surface area contributed by atoms with E-state index in [0.717, 1.165) is 13.0 Å². The van der Waals surface area contributed by atoms with Crippen LogP contribution >= 0.6 is 0 Å². The maximum absolute atomic E-state index is 10.8. The van der Waals surface area contributed by atoms with Gasteiger partial charge < -0.3 is 9.47 Å². The van der Waals surface area contributed by atoms with Crippen molar-refractivity contribution in [1.82, 2.24) is 0 Å². The number of hydrogen-bond donors (Lipinski definition) is 0. The molecule has 0 spiro atoms. The van der Waals surface area contributed by atoms with Crippen molar-refractivity contribution in [3.05, 3.63) is 0 Å². The third-order valence-electron chi connectivity index (χ3n) is 2.79. The molecule has 1 unspecified atom stereocenters. The molecule has 3 heteroatoms. The molecule has 0 aliphatic rings. The van der Waals surface area contributed by atoms with E-state index >= 15 is 0 Å². The Bertz CT molecular complexity index is 169. The summed E-state index contributed by atoms with van der Waals surface area (Å²) in [6.45, 7) is 5.91. The molecule has 96 valence electrons. The first-order chi connectivity index (χ1) is 7.74. The van der Waals surface area contributed by atoms with Gasteiger partial charge >= 0.3 is 5.97 Å². The maximum Gasteiger partial charge on any atom is 0.305 e. The molecule has 0 bridgehead atoms. The third kappa shape index (κ3) is 8.72. The summed E-state index contributed by atoms with van der Waals surface area (Å²) < 4.78 is 10.1. The second-order valence-corrected chi connectivity index (χ2v) is 4.17. The molecule has 0 amide bonds. The van der Waals surface area contributed by atoms with Crippen molar-refractivity contribution in [2.24, 2.45) is 5.92 Å². The lowest BCUT2D eigenvalue weighted by Gasteiger charge is -2.14. The Kier molecular flexibility index (Phi) is 10.5. The number of rotatable bonds is 10. The Morgan fingerprint density at radius 3 is 2.56 bits per heavy atom. The summed E-state index contributed by atoms with van der Waals surface area (Å²) >= 11 is 0. The van der Waals surface area contributed by atoms with E-state index in [-0.39, 0.29) is 5.97 Å².